The summed E-state index contributed by atoms with van der Waals surface area (Å²) in [7, 11) is 0. The summed E-state index contributed by atoms with van der Waals surface area (Å²) < 4.78 is 2.02. The molecule has 0 radical (unpaired) electrons. The first-order chi connectivity index (χ1) is 18.1. The van der Waals surface area contributed by atoms with Crippen LogP contribution in [0.2, 0.25) is 0 Å². The van der Waals surface area contributed by atoms with Gasteiger partial charge < -0.3 is 14.4 Å². The number of carbonyl (C=O) groups excluding carboxylic acids is 2. The maximum atomic E-state index is 13.7. The average Bonchev–Trinajstić information content (AvgIpc) is 3.60. The number of anilines is 1. The largest absolute Gasteiger partial charge is 0.337 e. The van der Waals surface area contributed by atoms with Crippen LogP contribution in [0.1, 0.15) is 56.0 Å². The van der Waals surface area contributed by atoms with E-state index >= 15 is 0 Å². The van der Waals surface area contributed by atoms with Gasteiger partial charge in [-0.25, -0.2) is 9.97 Å². The van der Waals surface area contributed by atoms with E-state index in [-0.39, 0.29) is 17.9 Å². The Morgan fingerprint density at radius 1 is 1.11 bits per heavy atom. The van der Waals surface area contributed by atoms with Crippen molar-refractivity contribution in [3.8, 4) is 0 Å². The Balaban J connectivity index is 1.44. The first-order valence-corrected chi connectivity index (χ1v) is 14.2. The molecule has 2 unspecified atom stereocenters. The van der Waals surface area contributed by atoms with Crippen molar-refractivity contribution >= 4 is 28.8 Å². The molecule has 0 saturated carbocycles. The molecule has 0 spiro atoms. The molecule has 2 bridgehead atoms. The first kappa shape index (κ1) is 25.6. The molecule has 9 heteroatoms. The Hall–Kier alpha value is -3.04. The SMILES string of the molecule is CC(=O)N1CCC2CCCC(CN(C(=O)CCCn3ccnc3)Cc3ccccc31)N2Cc1nccs1. The molecule has 8 nitrogen and oxygen atoms in total. The Labute approximate surface area is 222 Å². The van der Waals surface area contributed by atoms with Crippen molar-refractivity contribution in [3.63, 3.8) is 0 Å². The minimum absolute atomic E-state index is 0.0451. The lowest BCUT2D eigenvalue weighted by Gasteiger charge is -2.43. The van der Waals surface area contributed by atoms with E-state index in [1.165, 1.54) is 0 Å². The highest BCUT2D eigenvalue weighted by molar-refractivity contribution is 7.09. The van der Waals surface area contributed by atoms with E-state index in [0.717, 1.165) is 61.5 Å². The monoisotopic (exact) mass is 520 g/mol. The molecule has 1 aromatic carbocycles. The molecule has 0 aliphatic carbocycles. The molecule has 2 aliphatic heterocycles. The predicted octanol–water partition coefficient (Wildman–Crippen LogP) is 4.33. The Morgan fingerprint density at radius 3 is 2.76 bits per heavy atom. The highest BCUT2D eigenvalue weighted by Crippen LogP contribution is 2.32. The van der Waals surface area contributed by atoms with Crippen molar-refractivity contribution < 1.29 is 9.59 Å². The van der Waals surface area contributed by atoms with Crippen LogP contribution in [0, 0.1) is 0 Å². The third-order valence-corrected chi connectivity index (χ3v) is 8.44. The quantitative estimate of drug-likeness (QED) is 0.484. The second-order valence-corrected chi connectivity index (χ2v) is 11.1. The number of piperidine rings is 1. The number of hydrogen-bond donors (Lipinski definition) is 0. The predicted molar refractivity (Wildman–Crippen MR) is 145 cm³/mol. The highest BCUT2D eigenvalue weighted by Gasteiger charge is 2.34. The molecular formula is C28H36N6O2S. The fourth-order valence-corrected chi connectivity index (χ4v) is 6.43. The minimum atomic E-state index is 0.0451. The van der Waals surface area contributed by atoms with Gasteiger partial charge in [0.1, 0.15) is 5.01 Å². The van der Waals surface area contributed by atoms with Gasteiger partial charge in [0.05, 0.1) is 12.9 Å². The summed E-state index contributed by atoms with van der Waals surface area (Å²) in [5.74, 6) is 0.212. The molecule has 0 N–H and O–H groups in total. The Bertz CT molecular complexity index is 1170. The van der Waals surface area contributed by atoms with E-state index in [1.54, 1.807) is 30.8 Å². The first-order valence-electron chi connectivity index (χ1n) is 13.3. The van der Waals surface area contributed by atoms with Gasteiger partial charge >= 0.3 is 0 Å². The molecule has 2 aromatic heterocycles. The number of carbonyl (C=O) groups is 2. The van der Waals surface area contributed by atoms with Crippen molar-refractivity contribution in [3.05, 3.63) is 65.1 Å². The van der Waals surface area contributed by atoms with Crippen molar-refractivity contribution in [2.24, 2.45) is 0 Å². The van der Waals surface area contributed by atoms with E-state index in [0.29, 0.717) is 32.1 Å². The third kappa shape index (κ3) is 6.27. The number of rotatable bonds is 6. The lowest BCUT2D eigenvalue weighted by molar-refractivity contribution is -0.133. The number of imidazole rings is 1. The maximum absolute atomic E-state index is 13.7. The standard InChI is InChI=1S/C28H36N6O2S/c1-22(35)33-15-11-24-7-4-8-25(34(24)20-27-30-13-17-37-27)19-32(18-23-6-2-3-9-26(23)33)28(36)10-5-14-31-16-12-29-21-31/h2-3,6,9,12-13,16-17,21,24-25H,4-5,7-8,10-11,14-15,18-20H2,1H3. The number of benzene rings is 1. The second-order valence-electron chi connectivity index (χ2n) is 10.1. The molecule has 2 aliphatic rings. The second kappa shape index (κ2) is 12.0. The van der Waals surface area contributed by atoms with Crippen LogP contribution in [-0.2, 0) is 29.2 Å². The fourth-order valence-electron chi connectivity index (χ4n) is 5.81. The number of nitrogens with zero attached hydrogens (tertiary/aromatic N) is 6. The van der Waals surface area contributed by atoms with Gasteiger partial charge in [-0.05, 0) is 37.3 Å². The summed E-state index contributed by atoms with van der Waals surface area (Å²) in [5, 5.41) is 3.14. The number of fused-ring (bicyclic) bond motifs is 3. The van der Waals surface area contributed by atoms with Crippen molar-refractivity contribution in [1.82, 2.24) is 24.3 Å². The zero-order chi connectivity index (χ0) is 25.6. The van der Waals surface area contributed by atoms with Crippen LogP contribution in [0.15, 0.2) is 54.6 Å². The van der Waals surface area contributed by atoms with Crippen LogP contribution in [0.25, 0.3) is 0 Å². The fraction of sp³-hybridized carbons (Fsp3) is 0.500. The molecule has 1 saturated heterocycles. The minimum Gasteiger partial charge on any atom is -0.337 e. The molecule has 2 amide bonds. The molecule has 196 valence electrons. The number of aromatic nitrogens is 3. The van der Waals surface area contributed by atoms with Crippen LogP contribution >= 0.6 is 11.3 Å². The molecule has 4 heterocycles. The molecular weight excluding hydrogens is 484 g/mol. The van der Waals surface area contributed by atoms with Gasteiger partial charge in [0.2, 0.25) is 11.8 Å². The number of thiazole rings is 1. The van der Waals surface area contributed by atoms with E-state index in [9.17, 15) is 9.59 Å². The van der Waals surface area contributed by atoms with Gasteiger partial charge in [0, 0.05) is 81.3 Å². The van der Waals surface area contributed by atoms with Crippen LogP contribution < -0.4 is 4.90 Å². The average molecular weight is 521 g/mol. The van der Waals surface area contributed by atoms with Gasteiger partial charge in [-0.3, -0.25) is 14.5 Å². The summed E-state index contributed by atoms with van der Waals surface area (Å²) in [6.07, 6.45) is 12.8. The Morgan fingerprint density at radius 2 is 1.97 bits per heavy atom. The zero-order valence-corrected chi connectivity index (χ0v) is 22.4. The van der Waals surface area contributed by atoms with Crippen LogP contribution in [0.5, 0.6) is 0 Å². The van der Waals surface area contributed by atoms with Gasteiger partial charge in [-0.1, -0.05) is 24.6 Å². The van der Waals surface area contributed by atoms with Gasteiger partial charge in [0.15, 0.2) is 0 Å². The van der Waals surface area contributed by atoms with Gasteiger partial charge in [0.25, 0.3) is 0 Å². The third-order valence-electron chi connectivity index (χ3n) is 7.67. The lowest BCUT2D eigenvalue weighted by Crippen LogP contribution is -2.52. The number of hydrogen-bond acceptors (Lipinski definition) is 6. The van der Waals surface area contributed by atoms with Crippen LogP contribution in [0.3, 0.4) is 0 Å². The lowest BCUT2D eigenvalue weighted by atomic mass is 9.92. The van der Waals surface area contributed by atoms with Crippen molar-refractivity contribution in [1.29, 1.82) is 0 Å². The normalized spacial score (nSPS) is 20.8. The van der Waals surface area contributed by atoms with E-state index in [2.05, 4.69) is 20.9 Å². The zero-order valence-electron chi connectivity index (χ0n) is 21.5. The molecule has 2 atom stereocenters. The van der Waals surface area contributed by atoms with Crippen LogP contribution in [-0.4, -0.2) is 61.3 Å². The van der Waals surface area contributed by atoms with Gasteiger partial charge in [-0.2, -0.15) is 0 Å². The van der Waals surface area contributed by atoms with E-state index in [1.807, 2.05) is 50.3 Å². The topological polar surface area (TPSA) is 74.6 Å². The van der Waals surface area contributed by atoms with E-state index < -0.39 is 0 Å². The maximum Gasteiger partial charge on any atom is 0.223 e. The summed E-state index contributed by atoms with van der Waals surface area (Å²) in [6.45, 7) is 5.10. The summed E-state index contributed by atoms with van der Waals surface area (Å²) in [4.78, 5) is 41.7. The van der Waals surface area contributed by atoms with E-state index in [4.69, 9.17) is 0 Å². The summed E-state index contributed by atoms with van der Waals surface area (Å²) in [5.41, 5.74) is 1.96. The number of amides is 2. The number of para-hydroxylation sites is 1. The smallest absolute Gasteiger partial charge is 0.223 e. The van der Waals surface area contributed by atoms with Gasteiger partial charge in [-0.15, -0.1) is 11.3 Å². The van der Waals surface area contributed by atoms with Crippen molar-refractivity contribution in [2.75, 3.05) is 18.0 Å². The number of aryl methyl sites for hydroxylation is 1. The summed E-state index contributed by atoms with van der Waals surface area (Å²) >= 11 is 1.69. The summed E-state index contributed by atoms with van der Waals surface area (Å²) in [6, 6.07) is 8.71. The highest BCUT2D eigenvalue weighted by atomic mass is 32.1. The molecule has 5 rings (SSSR count). The molecule has 37 heavy (non-hydrogen) atoms. The molecule has 1 fully saturated rings. The Kier molecular flexibility index (Phi) is 8.31. The van der Waals surface area contributed by atoms with Crippen LogP contribution in [0.4, 0.5) is 5.69 Å². The van der Waals surface area contributed by atoms with Crippen molar-refractivity contribution in [2.45, 2.75) is 77.2 Å². The molecule has 3 aromatic rings.